The van der Waals surface area contributed by atoms with Crippen molar-refractivity contribution < 1.29 is 9.53 Å². The number of rotatable bonds is 6. The SMILES string of the molecule is CC1CCCC(CNCC(C)CN(C)C(=O)OC(C)(C)C)C1. The summed E-state index contributed by atoms with van der Waals surface area (Å²) in [4.78, 5) is 13.6. The van der Waals surface area contributed by atoms with Crippen LogP contribution in [0.3, 0.4) is 0 Å². The van der Waals surface area contributed by atoms with E-state index in [0.717, 1.165) is 31.5 Å². The number of ether oxygens (including phenoxy) is 1. The lowest BCUT2D eigenvalue weighted by atomic mass is 9.82. The number of nitrogens with zero attached hydrogens (tertiary/aromatic N) is 1. The molecule has 1 aliphatic rings. The van der Waals surface area contributed by atoms with Crippen LogP contribution in [0.2, 0.25) is 0 Å². The van der Waals surface area contributed by atoms with Gasteiger partial charge >= 0.3 is 6.09 Å². The van der Waals surface area contributed by atoms with Crippen molar-refractivity contribution in [3.63, 3.8) is 0 Å². The highest BCUT2D eigenvalue weighted by atomic mass is 16.6. The Labute approximate surface area is 137 Å². The first kappa shape index (κ1) is 19.3. The highest BCUT2D eigenvalue weighted by Gasteiger charge is 2.21. The Morgan fingerprint density at radius 1 is 1.36 bits per heavy atom. The molecule has 0 bridgehead atoms. The Morgan fingerprint density at radius 3 is 2.64 bits per heavy atom. The second kappa shape index (κ2) is 8.76. The van der Waals surface area contributed by atoms with Crippen molar-refractivity contribution in [2.45, 2.75) is 65.9 Å². The Bertz CT molecular complexity index is 338. The lowest BCUT2D eigenvalue weighted by Crippen LogP contribution is -2.39. The summed E-state index contributed by atoms with van der Waals surface area (Å²) in [6.45, 7) is 13.0. The first-order valence-corrected chi connectivity index (χ1v) is 8.82. The van der Waals surface area contributed by atoms with Crippen molar-refractivity contribution in [2.75, 3.05) is 26.7 Å². The zero-order valence-electron chi connectivity index (χ0n) is 15.4. The van der Waals surface area contributed by atoms with Crippen molar-refractivity contribution in [3.05, 3.63) is 0 Å². The molecule has 1 rings (SSSR count). The van der Waals surface area contributed by atoms with E-state index in [2.05, 4.69) is 19.2 Å². The zero-order chi connectivity index (χ0) is 16.8. The van der Waals surface area contributed by atoms with Crippen molar-refractivity contribution >= 4 is 6.09 Å². The van der Waals surface area contributed by atoms with Gasteiger partial charge in [-0.1, -0.05) is 26.7 Å². The van der Waals surface area contributed by atoms with E-state index in [4.69, 9.17) is 4.74 Å². The molecule has 1 fully saturated rings. The summed E-state index contributed by atoms with van der Waals surface area (Å²) < 4.78 is 5.38. The molecule has 1 saturated carbocycles. The molecular weight excluding hydrogens is 276 g/mol. The van der Waals surface area contributed by atoms with Crippen LogP contribution in [0.5, 0.6) is 0 Å². The molecule has 0 radical (unpaired) electrons. The molecule has 1 N–H and O–H groups in total. The van der Waals surface area contributed by atoms with Crippen LogP contribution >= 0.6 is 0 Å². The fraction of sp³-hybridized carbons (Fsp3) is 0.944. The molecule has 4 nitrogen and oxygen atoms in total. The smallest absolute Gasteiger partial charge is 0.410 e. The predicted molar refractivity (Wildman–Crippen MR) is 92.0 cm³/mol. The van der Waals surface area contributed by atoms with Crippen LogP contribution in [0.1, 0.15) is 60.3 Å². The van der Waals surface area contributed by atoms with Crippen LogP contribution in [0.15, 0.2) is 0 Å². The monoisotopic (exact) mass is 312 g/mol. The molecule has 0 aromatic carbocycles. The Hall–Kier alpha value is -0.770. The minimum absolute atomic E-state index is 0.236. The fourth-order valence-corrected chi connectivity index (χ4v) is 3.23. The van der Waals surface area contributed by atoms with Gasteiger partial charge in [0.1, 0.15) is 5.60 Å². The second-order valence-corrected chi connectivity index (χ2v) is 8.26. The molecule has 1 amide bonds. The van der Waals surface area contributed by atoms with Crippen LogP contribution in [0.4, 0.5) is 4.79 Å². The van der Waals surface area contributed by atoms with E-state index in [1.165, 1.54) is 25.7 Å². The maximum absolute atomic E-state index is 11.9. The molecule has 3 unspecified atom stereocenters. The molecule has 0 saturated heterocycles. The minimum Gasteiger partial charge on any atom is -0.444 e. The normalized spacial score (nSPS) is 23.9. The quantitative estimate of drug-likeness (QED) is 0.808. The van der Waals surface area contributed by atoms with Gasteiger partial charge in [0.05, 0.1) is 0 Å². The Balaban J connectivity index is 2.19. The summed E-state index contributed by atoms with van der Waals surface area (Å²) in [6.07, 6.45) is 5.27. The van der Waals surface area contributed by atoms with Crippen LogP contribution < -0.4 is 5.32 Å². The summed E-state index contributed by atoms with van der Waals surface area (Å²) >= 11 is 0. The van der Waals surface area contributed by atoms with E-state index < -0.39 is 5.60 Å². The average molecular weight is 312 g/mol. The van der Waals surface area contributed by atoms with Gasteiger partial charge in [0.25, 0.3) is 0 Å². The van der Waals surface area contributed by atoms with Gasteiger partial charge < -0.3 is 15.0 Å². The van der Waals surface area contributed by atoms with Crippen molar-refractivity contribution in [1.29, 1.82) is 0 Å². The maximum Gasteiger partial charge on any atom is 0.410 e. The first-order chi connectivity index (χ1) is 10.2. The number of amides is 1. The van der Waals surface area contributed by atoms with Crippen molar-refractivity contribution in [3.8, 4) is 0 Å². The van der Waals surface area contributed by atoms with Crippen LogP contribution in [-0.2, 0) is 4.74 Å². The van der Waals surface area contributed by atoms with Gasteiger partial charge in [0.15, 0.2) is 0 Å². The number of carbonyl (C=O) groups excluding carboxylic acids is 1. The van der Waals surface area contributed by atoms with Gasteiger partial charge in [-0.15, -0.1) is 0 Å². The number of hydrogen-bond acceptors (Lipinski definition) is 3. The summed E-state index contributed by atoms with van der Waals surface area (Å²) in [6, 6.07) is 0. The summed E-state index contributed by atoms with van der Waals surface area (Å²) in [7, 11) is 1.81. The fourth-order valence-electron chi connectivity index (χ4n) is 3.23. The van der Waals surface area contributed by atoms with Gasteiger partial charge in [-0.3, -0.25) is 0 Å². The molecule has 0 heterocycles. The van der Waals surface area contributed by atoms with Crippen LogP contribution in [0.25, 0.3) is 0 Å². The zero-order valence-corrected chi connectivity index (χ0v) is 15.4. The van der Waals surface area contributed by atoms with E-state index in [1.807, 2.05) is 27.8 Å². The molecule has 4 heteroatoms. The molecule has 0 aromatic rings. The van der Waals surface area contributed by atoms with Crippen LogP contribution in [-0.4, -0.2) is 43.3 Å². The van der Waals surface area contributed by atoms with Crippen molar-refractivity contribution in [1.82, 2.24) is 10.2 Å². The predicted octanol–water partition coefficient (Wildman–Crippen LogP) is 3.91. The highest BCUT2D eigenvalue weighted by molar-refractivity contribution is 5.67. The molecule has 3 atom stereocenters. The maximum atomic E-state index is 11.9. The summed E-state index contributed by atoms with van der Waals surface area (Å²) in [5, 5.41) is 3.59. The third kappa shape index (κ3) is 8.02. The molecule has 1 aliphatic carbocycles. The molecule has 130 valence electrons. The lowest BCUT2D eigenvalue weighted by molar-refractivity contribution is 0.0276. The third-order valence-electron chi connectivity index (χ3n) is 4.26. The lowest BCUT2D eigenvalue weighted by Gasteiger charge is -2.28. The van der Waals surface area contributed by atoms with E-state index in [0.29, 0.717) is 5.92 Å². The molecule has 0 spiro atoms. The third-order valence-corrected chi connectivity index (χ3v) is 4.26. The largest absolute Gasteiger partial charge is 0.444 e. The first-order valence-electron chi connectivity index (χ1n) is 8.82. The molecule has 0 aromatic heterocycles. The van der Waals surface area contributed by atoms with E-state index in [1.54, 1.807) is 4.90 Å². The topological polar surface area (TPSA) is 41.6 Å². The summed E-state index contributed by atoms with van der Waals surface area (Å²) in [5.74, 6) is 2.15. The molecular formula is C18H36N2O2. The Morgan fingerprint density at radius 2 is 2.05 bits per heavy atom. The Kier molecular flexibility index (Phi) is 7.67. The highest BCUT2D eigenvalue weighted by Crippen LogP contribution is 2.27. The number of nitrogens with one attached hydrogen (secondary N) is 1. The standard InChI is InChI=1S/C18H36N2O2/c1-14-8-7-9-16(10-14)12-19-11-15(2)13-20(6)17(21)22-18(3,4)5/h14-16,19H,7-13H2,1-6H3. The van der Waals surface area contributed by atoms with Crippen LogP contribution in [0, 0.1) is 17.8 Å². The summed E-state index contributed by atoms with van der Waals surface area (Å²) in [5.41, 5.74) is -0.426. The van der Waals surface area contributed by atoms with E-state index >= 15 is 0 Å². The number of carbonyl (C=O) groups is 1. The van der Waals surface area contributed by atoms with Gasteiger partial charge in [-0.05, 0) is 64.5 Å². The molecule has 0 aliphatic heterocycles. The van der Waals surface area contributed by atoms with E-state index in [9.17, 15) is 4.79 Å². The van der Waals surface area contributed by atoms with E-state index in [-0.39, 0.29) is 6.09 Å². The minimum atomic E-state index is -0.426. The number of hydrogen-bond donors (Lipinski definition) is 1. The van der Waals surface area contributed by atoms with Gasteiger partial charge in [-0.25, -0.2) is 4.79 Å². The van der Waals surface area contributed by atoms with Crippen molar-refractivity contribution in [2.24, 2.45) is 17.8 Å². The average Bonchev–Trinajstić information content (AvgIpc) is 2.36. The van der Waals surface area contributed by atoms with Gasteiger partial charge in [0, 0.05) is 13.6 Å². The second-order valence-electron chi connectivity index (χ2n) is 8.26. The van der Waals surface area contributed by atoms with Gasteiger partial charge in [-0.2, -0.15) is 0 Å². The van der Waals surface area contributed by atoms with Gasteiger partial charge in [0.2, 0.25) is 0 Å². The molecule has 22 heavy (non-hydrogen) atoms.